The first kappa shape index (κ1) is 10.7. The van der Waals surface area contributed by atoms with Crippen LogP contribution in [0.15, 0.2) is 18.6 Å². The second kappa shape index (κ2) is 4.83. The number of aromatic amines is 1. The summed E-state index contributed by atoms with van der Waals surface area (Å²) in [4.78, 5) is 4.20. The molecule has 0 unspecified atom stereocenters. The first-order chi connectivity index (χ1) is 7.81. The van der Waals surface area contributed by atoms with Crippen LogP contribution < -0.4 is 5.32 Å². The number of aryl methyl sites for hydroxylation is 3. The van der Waals surface area contributed by atoms with Gasteiger partial charge in [0.15, 0.2) is 0 Å². The van der Waals surface area contributed by atoms with E-state index in [1.54, 1.807) is 0 Å². The zero-order valence-corrected chi connectivity index (χ0v) is 9.70. The van der Waals surface area contributed by atoms with E-state index in [1.165, 1.54) is 11.3 Å². The fraction of sp³-hybridized carbons (Fsp3) is 0.455. The van der Waals surface area contributed by atoms with Gasteiger partial charge in [-0.25, -0.2) is 4.98 Å². The lowest BCUT2D eigenvalue weighted by atomic mass is 10.1. The Labute approximate surface area is 94.9 Å². The number of aromatic nitrogens is 4. The summed E-state index contributed by atoms with van der Waals surface area (Å²) < 4.78 is 2.12. The summed E-state index contributed by atoms with van der Waals surface area (Å²) in [6.45, 7) is 3.03. The minimum absolute atomic E-state index is 0.920. The van der Waals surface area contributed by atoms with Gasteiger partial charge in [0.05, 0.1) is 6.20 Å². The molecule has 0 amide bonds. The van der Waals surface area contributed by atoms with Gasteiger partial charge >= 0.3 is 0 Å². The Hall–Kier alpha value is -1.78. The van der Waals surface area contributed by atoms with Crippen molar-refractivity contribution in [2.24, 2.45) is 0 Å². The molecule has 0 aromatic carbocycles. The van der Waals surface area contributed by atoms with Crippen LogP contribution >= 0.6 is 0 Å². The van der Waals surface area contributed by atoms with Crippen molar-refractivity contribution in [3.63, 3.8) is 0 Å². The van der Waals surface area contributed by atoms with Crippen LogP contribution in [0.3, 0.4) is 0 Å². The van der Waals surface area contributed by atoms with Crippen LogP contribution in [0.5, 0.6) is 0 Å². The number of nitrogens with zero attached hydrogens (tertiary/aromatic N) is 3. The van der Waals surface area contributed by atoms with Gasteiger partial charge in [0.25, 0.3) is 0 Å². The average molecular weight is 219 g/mol. The molecule has 5 heteroatoms. The van der Waals surface area contributed by atoms with Crippen LogP contribution in [0.4, 0.5) is 5.95 Å². The van der Waals surface area contributed by atoms with E-state index >= 15 is 0 Å². The lowest BCUT2D eigenvalue weighted by molar-refractivity contribution is 0.646. The Morgan fingerprint density at radius 2 is 2.38 bits per heavy atom. The van der Waals surface area contributed by atoms with E-state index in [1.807, 2.05) is 25.6 Å². The number of imidazole rings is 1. The lowest BCUT2D eigenvalue weighted by Gasteiger charge is -2.06. The summed E-state index contributed by atoms with van der Waals surface area (Å²) >= 11 is 0. The lowest BCUT2D eigenvalue weighted by Crippen LogP contribution is -2.04. The maximum absolute atomic E-state index is 4.20. The van der Waals surface area contributed by atoms with E-state index in [0.29, 0.717) is 0 Å². The molecule has 0 saturated heterocycles. The van der Waals surface area contributed by atoms with Crippen molar-refractivity contribution >= 4 is 5.95 Å². The van der Waals surface area contributed by atoms with Gasteiger partial charge in [0.2, 0.25) is 5.95 Å². The van der Waals surface area contributed by atoms with Gasteiger partial charge < -0.3 is 9.88 Å². The molecule has 0 atom stereocenters. The van der Waals surface area contributed by atoms with Crippen molar-refractivity contribution in [3.8, 4) is 0 Å². The van der Waals surface area contributed by atoms with Crippen LogP contribution in [0.25, 0.3) is 0 Å². The standard InChI is InChI=1S/C11H17N5/c1-9-10(8-14-15-9)4-3-6-16-7-5-13-11(16)12-2/h5,7-8H,3-4,6H2,1-2H3,(H,12,13)(H,14,15). The molecule has 2 rings (SSSR count). The van der Waals surface area contributed by atoms with Crippen molar-refractivity contribution < 1.29 is 0 Å². The molecule has 0 radical (unpaired) electrons. The normalized spacial score (nSPS) is 10.6. The number of rotatable bonds is 5. The molecular formula is C11H17N5. The Kier molecular flexibility index (Phi) is 3.24. The highest BCUT2D eigenvalue weighted by Gasteiger charge is 2.02. The third-order valence-electron chi connectivity index (χ3n) is 2.72. The molecule has 2 N–H and O–H groups in total. The number of hydrogen-bond acceptors (Lipinski definition) is 3. The summed E-state index contributed by atoms with van der Waals surface area (Å²) in [5.41, 5.74) is 2.46. The summed E-state index contributed by atoms with van der Waals surface area (Å²) in [5.74, 6) is 0.920. The Morgan fingerprint density at radius 1 is 1.50 bits per heavy atom. The number of nitrogens with one attached hydrogen (secondary N) is 2. The third kappa shape index (κ3) is 2.24. The number of hydrogen-bond donors (Lipinski definition) is 2. The molecule has 86 valence electrons. The molecule has 0 spiro atoms. The molecule has 0 aliphatic carbocycles. The first-order valence-electron chi connectivity index (χ1n) is 5.49. The minimum atomic E-state index is 0.920. The molecule has 5 nitrogen and oxygen atoms in total. The summed E-state index contributed by atoms with van der Waals surface area (Å²) in [6, 6.07) is 0. The highest BCUT2D eigenvalue weighted by Crippen LogP contribution is 2.09. The van der Waals surface area contributed by atoms with Crippen molar-refractivity contribution in [1.29, 1.82) is 0 Å². The fourth-order valence-electron chi connectivity index (χ4n) is 1.79. The molecule has 16 heavy (non-hydrogen) atoms. The highest BCUT2D eigenvalue weighted by atomic mass is 15.2. The molecule has 2 aromatic rings. The third-order valence-corrected chi connectivity index (χ3v) is 2.72. The Bertz CT molecular complexity index is 443. The monoisotopic (exact) mass is 219 g/mol. The molecule has 0 bridgehead atoms. The number of H-pyrrole nitrogens is 1. The van der Waals surface area contributed by atoms with Gasteiger partial charge in [-0.3, -0.25) is 5.10 Å². The minimum Gasteiger partial charge on any atom is -0.359 e. The molecule has 2 aromatic heterocycles. The maximum Gasteiger partial charge on any atom is 0.202 e. The zero-order valence-electron chi connectivity index (χ0n) is 9.70. The largest absolute Gasteiger partial charge is 0.359 e. The van der Waals surface area contributed by atoms with Crippen molar-refractivity contribution in [2.45, 2.75) is 26.3 Å². The van der Waals surface area contributed by atoms with E-state index < -0.39 is 0 Å². The topological polar surface area (TPSA) is 58.5 Å². The molecular weight excluding hydrogens is 202 g/mol. The first-order valence-corrected chi connectivity index (χ1v) is 5.49. The fourth-order valence-corrected chi connectivity index (χ4v) is 1.79. The summed E-state index contributed by atoms with van der Waals surface area (Å²) in [7, 11) is 1.89. The van der Waals surface area contributed by atoms with Gasteiger partial charge in [-0.05, 0) is 25.3 Å². The second-order valence-electron chi connectivity index (χ2n) is 3.82. The van der Waals surface area contributed by atoms with Gasteiger partial charge in [-0.15, -0.1) is 0 Å². The molecule has 0 aliphatic rings. The summed E-state index contributed by atoms with van der Waals surface area (Å²) in [6.07, 6.45) is 7.85. The van der Waals surface area contributed by atoms with Crippen LogP contribution in [0.2, 0.25) is 0 Å². The quantitative estimate of drug-likeness (QED) is 0.802. The second-order valence-corrected chi connectivity index (χ2v) is 3.82. The van der Waals surface area contributed by atoms with E-state index in [4.69, 9.17) is 0 Å². The maximum atomic E-state index is 4.20. The predicted molar refractivity (Wildman–Crippen MR) is 63.4 cm³/mol. The van der Waals surface area contributed by atoms with Crippen LogP contribution in [-0.4, -0.2) is 26.8 Å². The van der Waals surface area contributed by atoms with E-state index in [0.717, 1.165) is 25.3 Å². The SMILES string of the molecule is CNc1nccn1CCCc1cn[nH]c1C. The van der Waals surface area contributed by atoms with Crippen molar-refractivity contribution in [2.75, 3.05) is 12.4 Å². The van der Waals surface area contributed by atoms with E-state index in [9.17, 15) is 0 Å². The van der Waals surface area contributed by atoms with Crippen LogP contribution in [0, 0.1) is 6.92 Å². The molecule has 0 saturated carbocycles. The summed E-state index contributed by atoms with van der Waals surface area (Å²) in [5, 5.41) is 10.0. The van der Waals surface area contributed by atoms with Crippen molar-refractivity contribution in [1.82, 2.24) is 19.7 Å². The smallest absolute Gasteiger partial charge is 0.202 e. The Morgan fingerprint density at radius 3 is 3.06 bits per heavy atom. The predicted octanol–water partition coefficient (Wildman–Crippen LogP) is 1.59. The zero-order chi connectivity index (χ0) is 11.4. The Balaban J connectivity index is 1.87. The molecule has 0 fully saturated rings. The van der Waals surface area contributed by atoms with E-state index in [2.05, 4.69) is 32.0 Å². The van der Waals surface area contributed by atoms with Crippen LogP contribution in [-0.2, 0) is 13.0 Å². The van der Waals surface area contributed by atoms with E-state index in [-0.39, 0.29) is 0 Å². The average Bonchev–Trinajstić information content (AvgIpc) is 2.88. The van der Waals surface area contributed by atoms with Crippen LogP contribution in [0.1, 0.15) is 17.7 Å². The number of anilines is 1. The van der Waals surface area contributed by atoms with Gasteiger partial charge in [-0.2, -0.15) is 5.10 Å². The molecule has 0 aliphatic heterocycles. The van der Waals surface area contributed by atoms with Gasteiger partial charge in [0.1, 0.15) is 0 Å². The van der Waals surface area contributed by atoms with Gasteiger partial charge in [0, 0.05) is 31.7 Å². The molecule has 2 heterocycles. The van der Waals surface area contributed by atoms with Gasteiger partial charge in [-0.1, -0.05) is 0 Å². The van der Waals surface area contributed by atoms with Crippen molar-refractivity contribution in [3.05, 3.63) is 29.8 Å². The highest BCUT2D eigenvalue weighted by molar-refractivity contribution is 5.24.